The monoisotopic (exact) mass is 376 g/mol. The molecule has 0 aliphatic carbocycles. The first-order chi connectivity index (χ1) is 11.7. The fourth-order valence-electron chi connectivity index (χ4n) is 3.09. The van der Waals surface area contributed by atoms with Crippen LogP contribution in [0.25, 0.3) is 0 Å². The van der Waals surface area contributed by atoms with Gasteiger partial charge < -0.3 is 19.6 Å². The van der Waals surface area contributed by atoms with Gasteiger partial charge in [-0.2, -0.15) is 23.5 Å². The van der Waals surface area contributed by atoms with E-state index >= 15 is 0 Å². The minimum absolute atomic E-state index is 1.19. The molecule has 1 heterocycles. The second-order valence-corrected chi connectivity index (χ2v) is 8.95. The van der Waals surface area contributed by atoms with Crippen LogP contribution in [0.2, 0.25) is 0 Å². The third-order valence-electron chi connectivity index (χ3n) is 4.85. The molecule has 0 aromatic heterocycles. The minimum Gasteiger partial charge on any atom is -0.305 e. The van der Waals surface area contributed by atoms with Crippen LogP contribution in [0.5, 0.6) is 0 Å². The zero-order valence-electron chi connectivity index (χ0n) is 16.5. The standard InChI is InChI=1S/C18H40N4S2/c1-19-7-5-9-21(15-17-23-3)13-14-22(16-18-24-4)10-6-8-20(2)12-11-19/h5-18H2,1-4H3. The Morgan fingerprint density at radius 1 is 0.583 bits per heavy atom. The Morgan fingerprint density at radius 3 is 1.38 bits per heavy atom. The quantitative estimate of drug-likeness (QED) is 0.698. The molecule has 0 spiro atoms. The van der Waals surface area contributed by atoms with E-state index in [0.29, 0.717) is 0 Å². The van der Waals surface area contributed by atoms with E-state index in [-0.39, 0.29) is 0 Å². The zero-order valence-corrected chi connectivity index (χ0v) is 18.1. The van der Waals surface area contributed by atoms with Crippen LogP contribution < -0.4 is 0 Å². The molecule has 6 heteroatoms. The Kier molecular flexibility index (Phi) is 13.8. The first kappa shape index (κ1) is 22.6. The second-order valence-electron chi connectivity index (χ2n) is 6.98. The fourth-order valence-corrected chi connectivity index (χ4v) is 3.97. The molecule has 0 amide bonds. The highest BCUT2D eigenvalue weighted by atomic mass is 32.2. The number of rotatable bonds is 6. The van der Waals surface area contributed by atoms with Gasteiger partial charge in [0.05, 0.1) is 0 Å². The van der Waals surface area contributed by atoms with Gasteiger partial charge in [0, 0.05) is 50.8 Å². The summed E-state index contributed by atoms with van der Waals surface area (Å²) in [5.74, 6) is 2.51. The Balaban J connectivity index is 2.55. The molecule has 4 nitrogen and oxygen atoms in total. The summed E-state index contributed by atoms with van der Waals surface area (Å²) in [4.78, 5) is 10.4. The third-order valence-corrected chi connectivity index (χ3v) is 6.03. The number of hydrogen-bond donors (Lipinski definition) is 0. The largest absolute Gasteiger partial charge is 0.305 e. The molecule has 0 bridgehead atoms. The highest BCUT2D eigenvalue weighted by Crippen LogP contribution is 2.04. The minimum atomic E-state index is 1.19. The normalized spacial score (nSPS) is 22.5. The van der Waals surface area contributed by atoms with Crippen LogP contribution >= 0.6 is 23.5 Å². The first-order valence-electron chi connectivity index (χ1n) is 9.45. The molecule has 1 rings (SSSR count). The van der Waals surface area contributed by atoms with Crippen LogP contribution in [0.3, 0.4) is 0 Å². The molecular formula is C18H40N4S2. The molecule has 0 unspecified atom stereocenters. The van der Waals surface area contributed by atoms with Crippen molar-refractivity contribution in [1.82, 2.24) is 19.6 Å². The van der Waals surface area contributed by atoms with Gasteiger partial charge in [-0.1, -0.05) is 0 Å². The average molecular weight is 377 g/mol. The van der Waals surface area contributed by atoms with Crippen molar-refractivity contribution in [3.8, 4) is 0 Å². The molecule has 0 radical (unpaired) electrons. The van der Waals surface area contributed by atoms with Crippen molar-refractivity contribution in [2.45, 2.75) is 12.8 Å². The van der Waals surface area contributed by atoms with Gasteiger partial charge in [0.25, 0.3) is 0 Å². The van der Waals surface area contributed by atoms with Crippen molar-refractivity contribution in [1.29, 1.82) is 0 Å². The topological polar surface area (TPSA) is 13.0 Å². The summed E-state index contributed by atoms with van der Waals surface area (Å²) in [6.45, 7) is 12.3. The summed E-state index contributed by atoms with van der Waals surface area (Å²) in [6, 6.07) is 0. The maximum atomic E-state index is 2.69. The van der Waals surface area contributed by atoms with Crippen LogP contribution in [0, 0.1) is 0 Å². The van der Waals surface area contributed by atoms with Crippen molar-refractivity contribution < 1.29 is 0 Å². The van der Waals surface area contributed by atoms with Gasteiger partial charge in [0.2, 0.25) is 0 Å². The number of likely N-dealkylation sites (N-methyl/N-ethyl adjacent to an activating group) is 2. The van der Waals surface area contributed by atoms with E-state index in [4.69, 9.17) is 0 Å². The Bertz CT molecular complexity index is 266. The number of hydrogen-bond acceptors (Lipinski definition) is 6. The lowest BCUT2D eigenvalue weighted by Crippen LogP contribution is -2.40. The molecule has 1 fully saturated rings. The summed E-state index contributed by atoms with van der Waals surface area (Å²) >= 11 is 3.94. The highest BCUT2D eigenvalue weighted by molar-refractivity contribution is 7.98. The lowest BCUT2D eigenvalue weighted by molar-refractivity contribution is 0.184. The van der Waals surface area contributed by atoms with Crippen LogP contribution in [0.1, 0.15) is 12.8 Å². The molecule has 1 saturated heterocycles. The predicted molar refractivity (Wildman–Crippen MR) is 114 cm³/mol. The van der Waals surface area contributed by atoms with Gasteiger partial charge in [0.15, 0.2) is 0 Å². The van der Waals surface area contributed by atoms with Crippen LogP contribution in [0.4, 0.5) is 0 Å². The zero-order chi connectivity index (χ0) is 17.6. The maximum Gasteiger partial charge on any atom is 0.0110 e. The summed E-state index contributed by atoms with van der Waals surface area (Å²) in [5, 5.41) is 0. The third kappa shape index (κ3) is 11.2. The van der Waals surface area contributed by atoms with E-state index in [1.807, 2.05) is 23.5 Å². The van der Waals surface area contributed by atoms with E-state index in [1.165, 1.54) is 89.8 Å². The average Bonchev–Trinajstić information content (AvgIpc) is 2.58. The highest BCUT2D eigenvalue weighted by Gasteiger charge is 2.11. The Hall–Kier alpha value is 0.540. The maximum absolute atomic E-state index is 2.69. The Morgan fingerprint density at radius 2 is 1.00 bits per heavy atom. The van der Waals surface area contributed by atoms with Crippen LogP contribution in [-0.2, 0) is 0 Å². The smallest absolute Gasteiger partial charge is 0.0110 e. The van der Waals surface area contributed by atoms with Gasteiger partial charge in [-0.25, -0.2) is 0 Å². The van der Waals surface area contributed by atoms with Gasteiger partial charge in [0.1, 0.15) is 0 Å². The molecule has 0 N–H and O–H groups in total. The Labute approximate surface area is 159 Å². The lowest BCUT2D eigenvalue weighted by atomic mass is 10.3. The molecule has 0 aromatic rings. The molecule has 1 aliphatic rings. The van der Waals surface area contributed by atoms with E-state index in [1.54, 1.807) is 0 Å². The van der Waals surface area contributed by atoms with Gasteiger partial charge in [-0.3, -0.25) is 0 Å². The number of thioether (sulfide) groups is 2. The van der Waals surface area contributed by atoms with Gasteiger partial charge in [-0.15, -0.1) is 0 Å². The van der Waals surface area contributed by atoms with Crippen molar-refractivity contribution in [3.63, 3.8) is 0 Å². The van der Waals surface area contributed by atoms with Crippen molar-refractivity contribution in [3.05, 3.63) is 0 Å². The molecule has 24 heavy (non-hydrogen) atoms. The van der Waals surface area contributed by atoms with Gasteiger partial charge >= 0.3 is 0 Å². The van der Waals surface area contributed by atoms with Crippen molar-refractivity contribution in [2.75, 3.05) is 104 Å². The second kappa shape index (κ2) is 14.7. The SMILES string of the molecule is CSCCN1CCCN(C)CCN(C)CCCN(CCSC)CC1. The van der Waals surface area contributed by atoms with Crippen molar-refractivity contribution in [2.24, 2.45) is 0 Å². The van der Waals surface area contributed by atoms with E-state index in [0.717, 1.165) is 0 Å². The lowest BCUT2D eigenvalue weighted by Gasteiger charge is -2.30. The summed E-state index contributed by atoms with van der Waals surface area (Å²) in [5.41, 5.74) is 0. The fraction of sp³-hybridized carbons (Fsp3) is 1.00. The molecular weight excluding hydrogens is 336 g/mol. The molecule has 0 aromatic carbocycles. The molecule has 1 aliphatic heterocycles. The number of nitrogens with zero attached hydrogens (tertiary/aromatic N) is 4. The molecule has 0 atom stereocenters. The van der Waals surface area contributed by atoms with Crippen molar-refractivity contribution >= 4 is 23.5 Å². The summed E-state index contributed by atoms with van der Waals surface area (Å²) in [6.07, 6.45) is 7.03. The van der Waals surface area contributed by atoms with Crippen LogP contribution in [0.15, 0.2) is 0 Å². The van der Waals surface area contributed by atoms with Crippen LogP contribution in [-0.4, -0.2) is 123 Å². The van der Waals surface area contributed by atoms with E-state index < -0.39 is 0 Å². The first-order valence-corrected chi connectivity index (χ1v) is 12.2. The van der Waals surface area contributed by atoms with E-state index in [9.17, 15) is 0 Å². The summed E-state index contributed by atoms with van der Waals surface area (Å²) in [7, 11) is 4.55. The predicted octanol–water partition coefficient (Wildman–Crippen LogP) is 1.97. The molecule has 0 saturated carbocycles. The van der Waals surface area contributed by atoms with E-state index in [2.05, 4.69) is 46.2 Å². The van der Waals surface area contributed by atoms with Gasteiger partial charge in [-0.05, 0) is 65.6 Å². The summed E-state index contributed by atoms with van der Waals surface area (Å²) < 4.78 is 0. The molecule has 144 valence electrons.